The minimum atomic E-state index is -0.174. The van der Waals surface area contributed by atoms with Crippen LogP contribution in [0, 0.1) is 0 Å². The molecule has 0 atom stereocenters. The van der Waals surface area contributed by atoms with Gasteiger partial charge in [-0.2, -0.15) is 4.73 Å². The highest BCUT2D eigenvalue weighted by molar-refractivity contribution is 6.04. The molecule has 0 unspecified atom stereocenters. The first-order valence-electron chi connectivity index (χ1n) is 8.89. The molecule has 0 aliphatic carbocycles. The molecule has 3 aromatic carbocycles. The number of aromatic nitrogens is 2. The molecule has 0 spiro atoms. The zero-order chi connectivity index (χ0) is 19.7. The summed E-state index contributed by atoms with van der Waals surface area (Å²) < 4.78 is 1.08. The maximum Gasteiger partial charge on any atom is 0.255 e. The fourth-order valence-corrected chi connectivity index (χ4v) is 3.02. The fraction of sp³-hybridized carbons (Fsp3) is 0.0909. The van der Waals surface area contributed by atoms with Crippen molar-refractivity contribution in [2.75, 3.05) is 24.3 Å². The molecule has 0 aliphatic heterocycles. The van der Waals surface area contributed by atoms with Crippen LogP contribution in [0.2, 0.25) is 0 Å². The van der Waals surface area contributed by atoms with E-state index in [9.17, 15) is 10.0 Å². The summed E-state index contributed by atoms with van der Waals surface area (Å²) in [4.78, 5) is 18.9. The van der Waals surface area contributed by atoms with E-state index in [0.29, 0.717) is 22.6 Å². The maximum absolute atomic E-state index is 12.4. The zero-order valence-electron chi connectivity index (χ0n) is 15.6. The maximum atomic E-state index is 12.4. The smallest absolute Gasteiger partial charge is 0.255 e. The third kappa shape index (κ3) is 3.27. The molecular formula is C22H20N4O2. The number of hydrogen-bond donors (Lipinski definition) is 2. The van der Waals surface area contributed by atoms with Gasteiger partial charge in [0.2, 0.25) is 0 Å². The van der Waals surface area contributed by atoms with Gasteiger partial charge in [0.1, 0.15) is 5.52 Å². The first-order valence-corrected chi connectivity index (χ1v) is 8.89. The second-order valence-corrected chi connectivity index (χ2v) is 6.71. The summed E-state index contributed by atoms with van der Waals surface area (Å²) in [6.45, 7) is 0. The Balaban J connectivity index is 1.53. The van der Waals surface area contributed by atoms with Crippen molar-refractivity contribution < 1.29 is 10.0 Å². The van der Waals surface area contributed by atoms with E-state index in [4.69, 9.17) is 0 Å². The Bertz CT molecular complexity index is 1130. The Labute approximate surface area is 162 Å². The van der Waals surface area contributed by atoms with Gasteiger partial charge in [-0.3, -0.25) is 4.79 Å². The van der Waals surface area contributed by atoms with Crippen LogP contribution in [0.5, 0.6) is 0 Å². The molecule has 4 aromatic rings. The Morgan fingerprint density at radius 3 is 2.29 bits per heavy atom. The molecule has 0 aliphatic rings. The Hall–Kier alpha value is -3.80. The topological polar surface area (TPSA) is 70.4 Å². The lowest BCUT2D eigenvalue weighted by Gasteiger charge is -2.12. The fourth-order valence-electron chi connectivity index (χ4n) is 3.02. The number of para-hydroxylation sites is 2. The Kier molecular flexibility index (Phi) is 4.45. The van der Waals surface area contributed by atoms with Gasteiger partial charge in [-0.25, -0.2) is 4.98 Å². The van der Waals surface area contributed by atoms with E-state index in [0.717, 1.165) is 21.5 Å². The number of imidazole rings is 1. The van der Waals surface area contributed by atoms with Crippen LogP contribution < -0.4 is 10.2 Å². The molecule has 2 N–H and O–H groups in total. The van der Waals surface area contributed by atoms with Crippen molar-refractivity contribution in [3.05, 3.63) is 78.4 Å². The van der Waals surface area contributed by atoms with E-state index in [2.05, 4.69) is 10.3 Å². The molecule has 0 radical (unpaired) electrons. The quantitative estimate of drug-likeness (QED) is 0.525. The van der Waals surface area contributed by atoms with Gasteiger partial charge in [0.25, 0.3) is 5.91 Å². The second kappa shape index (κ2) is 7.08. The van der Waals surface area contributed by atoms with E-state index in [1.165, 1.54) is 0 Å². The largest absolute Gasteiger partial charge is 0.426 e. The number of carbonyl (C=O) groups is 1. The van der Waals surface area contributed by atoms with E-state index in [-0.39, 0.29) is 5.91 Å². The number of rotatable bonds is 4. The van der Waals surface area contributed by atoms with Gasteiger partial charge in [-0.15, -0.1) is 0 Å². The summed E-state index contributed by atoms with van der Waals surface area (Å²) in [6.07, 6.45) is 0. The molecule has 0 fully saturated rings. The predicted octanol–water partition coefficient (Wildman–Crippen LogP) is 4.26. The van der Waals surface area contributed by atoms with E-state index in [1.807, 2.05) is 67.5 Å². The Morgan fingerprint density at radius 2 is 1.64 bits per heavy atom. The monoisotopic (exact) mass is 372 g/mol. The molecule has 1 amide bonds. The molecule has 0 saturated carbocycles. The minimum absolute atomic E-state index is 0.174. The minimum Gasteiger partial charge on any atom is -0.426 e. The van der Waals surface area contributed by atoms with Crippen molar-refractivity contribution in [2.24, 2.45) is 0 Å². The number of anilines is 2. The van der Waals surface area contributed by atoms with Gasteiger partial charge in [0.15, 0.2) is 5.82 Å². The number of hydrogen-bond acceptors (Lipinski definition) is 4. The van der Waals surface area contributed by atoms with Crippen molar-refractivity contribution in [1.29, 1.82) is 0 Å². The van der Waals surface area contributed by atoms with Crippen LogP contribution in [0.25, 0.3) is 22.4 Å². The first kappa shape index (κ1) is 17.6. The van der Waals surface area contributed by atoms with E-state index < -0.39 is 0 Å². The molecule has 0 bridgehead atoms. The summed E-state index contributed by atoms with van der Waals surface area (Å²) in [5.74, 6) is 0.283. The molecule has 4 rings (SSSR count). The van der Waals surface area contributed by atoms with Gasteiger partial charge < -0.3 is 15.4 Å². The van der Waals surface area contributed by atoms with Crippen LogP contribution in [0.15, 0.2) is 72.8 Å². The van der Waals surface area contributed by atoms with Crippen molar-refractivity contribution in [3.63, 3.8) is 0 Å². The van der Waals surface area contributed by atoms with E-state index >= 15 is 0 Å². The van der Waals surface area contributed by atoms with Gasteiger partial charge in [0, 0.05) is 36.6 Å². The van der Waals surface area contributed by atoms with Crippen LogP contribution in [0.1, 0.15) is 10.4 Å². The van der Waals surface area contributed by atoms with Gasteiger partial charge in [0.05, 0.1) is 5.52 Å². The average Bonchev–Trinajstić information content (AvgIpc) is 3.05. The van der Waals surface area contributed by atoms with Crippen molar-refractivity contribution in [3.8, 4) is 11.4 Å². The van der Waals surface area contributed by atoms with Crippen molar-refractivity contribution in [2.45, 2.75) is 0 Å². The second-order valence-electron chi connectivity index (χ2n) is 6.71. The van der Waals surface area contributed by atoms with Gasteiger partial charge in [-0.05, 0) is 60.7 Å². The summed E-state index contributed by atoms with van der Waals surface area (Å²) in [7, 11) is 3.91. The average molecular weight is 372 g/mol. The van der Waals surface area contributed by atoms with Crippen LogP contribution in [-0.4, -0.2) is 34.9 Å². The lowest BCUT2D eigenvalue weighted by atomic mass is 10.1. The zero-order valence-corrected chi connectivity index (χ0v) is 15.6. The van der Waals surface area contributed by atoms with E-state index in [1.54, 1.807) is 24.3 Å². The summed E-state index contributed by atoms with van der Waals surface area (Å²) in [5, 5.41) is 13.2. The third-order valence-corrected chi connectivity index (χ3v) is 4.58. The standard InChI is InChI=1S/C22H20N4O2/c1-25(2)18-13-9-16(10-14-18)22(27)23-17-11-7-15(8-12-17)21-24-19-5-3-4-6-20(19)26(21)28/h3-14,28H,1-2H3,(H,23,27). The molecule has 0 saturated heterocycles. The number of amides is 1. The summed E-state index contributed by atoms with van der Waals surface area (Å²) in [5.41, 5.74) is 4.42. The van der Waals surface area contributed by atoms with Gasteiger partial charge in [-0.1, -0.05) is 12.1 Å². The lowest BCUT2D eigenvalue weighted by molar-refractivity contribution is 0.102. The Morgan fingerprint density at radius 1 is 0.964 bits per heavy atom. The normalized spacial score (nSPS) is 10.8. The van der Waals surface area contributed by atoms with Crippen LogP contribution in [0.4, 0.5) is 11.4 Å². The highest BCUT2D eigenvalue weighted by Gasteiger charge is 2.12. The van der Waals surface area contributed by atoms with Gasteiger partial charge >= 0.3 is 0 Å². The number of fused-ring (bicyclic) bond motifs is 1. The first-order chi connectivity index (χ1) is 13.5. The van der Waals surface area contributed by atoms with Crippen LogP contribution >= 0.6 is 0 Å². The molecule has 140 valence electrons. The van der Waals surface area contributed by atoms with Crippen molar-refractivity contribution in [1.82, 2.24) is 9.71 Å². The van der Waals surface area contributed by atoms with Crippen molar-refractivity contribution >= 4 is 28.3 Å². The highest BCUT2D eigenvalue weighted by Crippen LogP contribution is 2.24. The SMILES string of the molecule is CN(C)c1ccc(C(=O)Nc2ccc(-c3nc4ccccc4n3O)cc2)cc1. The lowest BCUT2D eigenvalue weighted by Crippen LogP contribution is -2.13. The molecule has 6 nitrogen and oxygen atoms in total. The molecule has 1 aromatic heterocycles. The summed E-state index contributed by atoms with van der Waals surface area (Å²) >= 11 is 0. The van der Waals surface area contributed by atoms with Crippen LogP contribution in [-0.2, 0) is 0 Å². The number of nitrogens with one attached hydrogen (secondary N) is 1. The highest BCUT2D eigenvalue weighted by atomic mass is 16.5. The number of benzene rings is 3. The predicted molar refractivity (Wildman–Crippen MR) is 111 cm³/mol. The molecule has 1 heterocycles. The number of nitrogens with zero attached hydrogens (tertiary/aromatic N) is 3. The van der Waals surface area contributed by atoms with Crippen LogP contribution in [0.3, 0.4) is 0 Å². The molecular weight excluding hydrogens is 352 g/mol. The molecule has 6 heteroatoms. The molecule has 28 heavy (non-hydrogen) atoms. The number of carbonyl (C=O) groups excluding carboxylic acids is 1. The summed E-state index contributed by atoms with van der Waals surface area (Å²) in [6, 6.07) is 22.0. The third-order valence-electron chi connectivity index (χ3n) is 4.58.